The van der Waals surface area contributed by atoms with Crippen molar-refractivity contribution in [1.82, 2.24) is 4.90 Å². The van der Waals surface area contributed by atoms with Crippen molar-refractivity contribution in [3.8, 4) is 0 Å². The fourth-order valence-corrected chi connectivity index (χ4v) is 3.42. The van der Waals surface area contributed by atoms with E-state index in [0.29, 0.717) is 53.0 Å². The van der Waals surface area contributed by atoms with Crippen molar-refractivity contribution in [2.24, 2.45) is 0 Å². The maximum Gasteiger partial charge on any atom is 0.246 e. The maximum atomic E-state index is 14.3. The molecule has 4 nitrogen and oxygen atoms in total. The number of Topliss-reactive ketones (excluding diaryl/α,β-unsaturated/α-hetero) is 1. The van der Waals surface area contributed by atoms with Crippen LogP contribution in [0.4, 0.5) is 10.1 Å². The van der Waals surface area contributed by atoms with E-state index in [1.807, 2.05) is 4.90 Å². The summed E-state index contributed by atoms with van der Waals surface area (Å²) in [6.07, 6.45) is 3.11. The molecular weight excluding hydrogens is 402 g/mol. The molecule has 3 rings (SSSR count). The Hall–Kier alpha value is -2.37. The Kier molecular flexibility index (Phi) is 6.37. The molecule has 0 saturated carbocycles. The van der Waals surface area contributed by atoms with E-state index in [2.05, 4.69) is 0 Å². The minimum absolute atomic E-state index is 0.136. The molecule has 7 heteroatoms. The fraction of sp³-hybridized carbons (Fsp3) is 0.238. The van der Waals surface area contributed by atoms with Gasteiger partial charge in [-0.05, 0) is 55.0 Å². The number of hydrogen-bond donors (Lipinski definition) is 0. The molecule has 2 aromatic rings. The van der Waals surface area contributed by atoms with E-state index >= 15 is 0 Å². The predicted octanol–water partition coefficient (Wildman–Crippen LogP) is 4.70. The first kappa shape index (κ1) is 20.4. The van der Waals surface area contributed by atoms with Gasteiger partial charge in [-0.2, -0.15) is 0 Å². The molecule has 0 unspecified atom stereocenters. The van der Waals surface area contributed by atoms with E-state index < -0.39 is 5.82 Å². The summed E-state index contributed by atoms with van der Waals surface area (Å²) in [4.78, 5) is 27.4. The highest BCUT2D eigenvalue weighted by atomic mass is 35.5. The molecule has 0 spiro atoms. The van der Waals surface area contributed by atoms with Crippen LogP contribution in [0.2, 0.25) is 10.0 Å². The Balaban J connectivity index is 1.62. The Labute approximate surface area is 173 Å². The van der Waals surface area contributed by atoms with Gasteiger partial charge < -0.3 is 9.80 Å². The normalized spacial score (nSPS) is 14.6. The van der Waals surface area contributed by atoms with Gasteiger partial charge in [0.15, 0.2) is 5.78 Å². The van der Waals surface area contributed by atoms with Crippen LogP contribution in [0, 0.1) is 5.82 Å². The van der Waals surface area contributed by atoms with Gasteiger partial charge in [0.05, 0.1) is 5.69 Å². The van der Waals surface area contributed by atoms with Gasteiger partial charge in [-0.25, -0.2) is 4.39 Å². The molecular formula is C21H19Cl2FN2O2. The van der Waals surface area contributed by atoms with Crippen molar-refractivity contribution < 1.29 is 14.0 Å². The third kappa shape index (κ3) is 4.72. The van der Waals surface area contributed by atoms with E-state index in [-0.39, 0.29) is 11.7 Å². The summed E-state index contributed by atoms with van der Waals surface area (Å²) >= 11 is 12.1. The number of hydrogen-bond acceptors (Lipinski definition) is 3. The maximum absolute atomic E-state index is 14.3. The van der Waals surface area contributed by atoms with Crippen LogP contribution in [-0.2, 0) is 4.79 Å². The molecule has 1 heterocycles. The highest BCUT2D eigenvalue weighted by molar-refractivity contribution is 6.34. The van der Waals surface area contributed by atoms with Gasteiger partial charge in [-0.3, -0.25) is 9.59 Å². The molecule has 28 heavy (non-hydrogen) atoms. The number of benzene rings is 2. The van der Waals surface area contributed by atoms with Crippen LogP contribution in [-0.4, -0.2) is 42.8 Å². The van der Waals surface area contributed by atoms with E-state index in [0.717, 1.165) is 0 Å². The van der Waals surface area contributed by atoms with Gasteiger partial charge in [0.1, 0.15) is 5.82 Å². The van der Waals surface area contributed by atoms with Crippen LogP contribution >= 0.6 is 23.2 Å². The lowest BCUT2D eigenvalue weighted by Gasteiger charge is -2.35. The van der Waals surface area contributed by atoms with Gasteiger partial charge in [-0.15, -0.1) is 0 Å². The standard InChI is InChI=1S/C21H19Cl2FN2O2/c1-14(27)15-2-6-20(19(24)13-15)25-8-10-26(11-9-25)21(28)7-3-16-12-17(22)4-5-18(16)23/h2-7,12-13H,8-11H2,1H3/b7-3+. The van der Waals surface area contributed by atoms with Crippen molar-refractivity contribution in [1.29, 1.82) is 0 Å². The zero-order valence-electron chi connectivity index (χ0n) is 15.3. The zero-order chi connectivity index (χ0) is 20.3. The first-order valence-corrected chi connectivity index (χ1v) is 9.58. The number of carbonyl (C=O) groups is 2. The fourth-order valence-electron chi connectivity index (χ4n) is 3.06. The molecule has 1 aliphatic heterocycles. The quantitative estimate of drug-likeness (QED) is 0.531. The van der Waals surface area contributed by atoms with Crippen molar-refractivity contribution in [2.75, 3.05) is 31.1 Å². The first-order valence-electron chi connectivity index (χ1n) is 8.82. The molecule has 0 aliphatic carbocycles. The molecule has 0 N–H and O–H groups in total. The second-order valence-electron chi connectivity index (χ2n) is 6.53. The Morgan fingerprint density at radius 1 is 1.04 bits per heavy atom. The number of anilines is 1. The molecule has 1 fully saturated rings. The lowest BCUT2D eigenvalue weighted by Crippen LogP contribution is -2.48. The molecule has 0 atom stereocenters. The van der Waals surface area contributed by atoms with Gasteiger partial charge in [0.2, 0.25) is 5.91 Å². The van der Waals surface area contributed by atoms with Crippen LogP contribution in [0.15, 0.2) is 42.5 Å². The summed E-state index contributed by atoms with van der Waals surface area (Å²) in [5.74, 6) is -0.737. The summed E-state index contributed by atoms with van der Waals surface area (Å²) in [6.45, 7) is 3.37. The largest absolute Gasteiger partial charge is 0.366 e. The van der Waals surface area contributed by atoms with E-state index in [1.165, 1.54) is 19.1 Å². The lowest BCUT2D eigenvalue weighted by molar-refractivity contribution is -0.126. The minimum atomic E-state index is -0.428. The van der Waals surface area contributed by atoms with Gasteiger partial charge in [0, 0.05) is 47.9 Å². The summed E-state index contributed by atoms with van der Waals surface area (Å²) in [5.41, 5.74) is 1.46. The van der Waals surface area contributed by atoms with Crippen molar-refractivity contribution in [3.05, 3.63) is 69.5 Å². The van der Waals surface area contributed by atoms with E-state index in [4.69, 9.17) is 23.2 Å². The minimum Gasteiger partial charge on any atom is -0.366 e. The Bertz CT molecular complexity index is 938. The van der Waals surface area contributed by atoms with Crippen molar-refractivity contribution in [3.63, 3.8) is 0 Å². The average Bonchev–Trinajstić information content (AvgIpc) is 2.68. The molecule has 146 valence electrons. The summed E-state index contributed by atoms with van der Waals surface area (Å²) in [5, 5.41) is 1.06. The molecule has 0 radical (unpaired) electrons. The average molecular weight is 421 g/mol. The predicted molar refractivity (Wildman–Crippen MR) is 111 cm³/mol. The van der Waals surface area contributed by atoms with Gasteiger partial charge in [-0.1, -0.05) is 23.2 Å². The molecule has 2 aromatic carbocycles. The third-order valence-corrected chi connectivity index (χ3v) is 5.23. The molecule has 1 amide bonds. The monoisotopic (exact) mass is 420 g/mol. The van der Waals surface area contributed by atoms with Crippen molar-refractivity contribution in [2.45, 2.75) is 6.92 Å². The summed E-state index contributed by atoms with van der Waals surface area (Å²) in [7, 11) is 0. The van der Waals surface area contributed by atoms with E-state index in [1.54, 1.807) is 41.3 Å². The molecule has 1 saturated heterocycles. The molecule has 0 aromatic heterocycles. The third-order valence-electron chi connectivity index (χ3n) is 4.65. The SMILES string of the molecule is CC(=O)c1ccc(N2CCN(C(=O)/C=C/c3cc(Cl)ccc3Cl)CC2)c(F)c1. The number of piperazine rings is 1. The van der Waals surface area contributed by atoms with Gasteiger partial charge in [0.25, 0.3) is 0 Å². The van der Waals surface area contributed by atoms with Crippen molar-refractivity contribution >= 4 is 46.7 Å². The second kappa shape index (κ2) is 8.76. The number of halogens is 3. The summed E-state index contributed by atoms with van der Waals surface area (Å²) < 4.78 is 14.3. The van der Waals surface area contributed by atoms with Crippen LogP contribution < -0.4 is 4.90 Å². The smallest absolute Gasteiger partial charge is 0.246 e. The molecule has 0 bridgehead atoms. The summed E-state index contributed by atoms with van der Waals surface area (Å²) in [6, 6.07) is 9.55. The number of amides is 1. The lowest BCUT2D eigenvalue weighted by atomic mass is 10.1. The zero-order valence-corrected chi connectivity index (χ0v) is 16.8. The van der Waals surface area contributed by atoms with Crippen LogP contribution in [0.25, 0.3) is 6.08 Å². The number of carbonyl (C=O) groups excluding carboxylic acids is 2. The first-order chi connectivity index (χ1) is 13.3. The topological polar surface area (TPSA) is 40.6 Å². The molecule has 1 aliphatic rings. The number of nitrogens with zero attached hydrogens (tertiary/aromatic N) is 2. The second-order valence-corrected chi connectivity index (χ2v) is 7.38. The Morgan fingerprint density at radius 3 is 2.39 bits per heavy atom. The highest BCUT2D eigenvalue weighted by Gasteiger charge is 2.22. The number of rotatable bonds is 4. The number of ketones is 1. The van der Waals surface area contributed by atoms with Gasteiger partial charge >= 0.3 is 0 Å². The highest BCUT2D eigenvalue weighted by Crippen LogP contribution is 2.23. The van der Waals surface area contributed by atoms with Crippen LogP contribution in [0.3, 0.4) is 0 Å². The van der Waals surface area contributed by atoms with Crippen LogP contribution in [0.1, 0.15) is 22.8 Å². The van der Waals surface area contributed by atoms with E-state index in [9.17, 15) is 14.0 Å². The van der Waals surface area contributed by atoms with Crippen LogP contribution in [0.5, 0.6) is 0 Å². The Morgan fingerprint density at radius 2 is 1.75 bits per heavy atom.